The molecule has 1 aliphatic carbocycles. The van der Waals surface area contributed by atoms with Crippen molar-refractivity contribution in [1.29, 1.82) is 0 Å². The van der Waals surface area contributed by atoms with Crippen LogP contribution in [0.5, 0.6) is 0 Å². The Morgan fingerprint density at radius 2 is 2.14 bits per heavy atom. The van der Waals surface area contributed by atoms with Crippen LogP contribution in [0.2, 0.25) is 0 Å². The fourth-order valence-electron chi connectivity index (χ4n) is 2.94. The molecule has 0 spiro atoms. The van der Waals surface area contributed by atoms with Gasteiger partial charge in [0.25, 0.3) is 0 Å². The third-order valence-corrected chi connectivity index (χ3v) is 4.06. The molecule has 1 aromatic rings. The van der Waals surface area contributed by atoms with Crippen molar-refractivity contribution >= 4 is 17.6 Å². The molecule has 1 heterocycles. The minimum absolute atomic E-state index is 0.0587. The van der Waals surface area contributed by atoms with Crippen LogP contribution in [0.15, 0.2) is 16.9 Å². The van der Waals surface area contributed by atoms with Gasteiger partial charge in [-0.25, -0.2) is 0 Å². The molecule has 0 saturated heterocycles. The number of nitrogens with one attached hydrogen (secondary N) is 1. The quantitative estimate of drug-likeness (QED) is 0.840. The molecule has 0 radical (unpaired) electrons. The minimum Gasteiger partial charge on any atom is -0.363 e. The summed E-state index contributed by atoms with van der Waals surface area (Å²) in [6.45, 7) is 2.75. The highest BCUT2D eigenvalue weighted by Gasteiger charge is 2.22. The molecular weight excluding hydrogens is 282 g/mol. The molecular formula is C16H25N3O3. The van der Waals surface area contributed by atoms with E-state index in [0.29, 0.717) is 24.7 Å². The lowest BCUT2D eigenvalue weighted by Crippen LogP contribution is -2.41. The van der Waals surface area contributed by atoms with Gasteiger partial charge in [-0.1, -0.05) is 31.3 Å². The Hall–Kier alpha value is -1.85. The van der Waals surface area contributed by atoms with E-state index in [1.54, 1.807) is 11.0 Å². The smallest absolute Gasteiger partial charge is 0.245 e. The summed E-state index contributed by atoms with van der Waals surface area (Å²) in [5.41, 5.74) is 0. The number of carbonyl (C=O) groups excluding carboxylic acids is 2. The average molecular weight is 307 g/mol. The molecule has 0 bridgehead atoms. The normalized spacial score (nSPS) is 15.5. The van der Waals surface area contributed by atoms with Gasteiger partial charge in [0.2, 0.25) is 11.8 Å². The lowest BCUT2D eigenvalue weighted by Gasteiger charge is -2.29. The molecule has 1 aliphatic rings. The van der Waals surface area contributed by atoms with Crippen LogP contribution in [0.3, 0.4) is 0 Å². The van der Waals surface area contributed by atoms with Crippen LogP contribution < -0.4 is 5.32 Å². The van der Waals surface area contributed by atoms with Crippen molar-refractivity contribution in [2.24, 2.45) is 5.92 Å². The third-order valence-electron chi connectivity index (χ3n) is 4.06. The average Bonchev–Trinajstić information content (AvgIpc) is 3.00. The van der Waals surface area contributed by atoms with Crippen LogP contribution in [-0.2, 0) is 9.59 Å². The second kappa shape index (κ2) is 8.56. The number of amides is 2. The van der Waals surface area contributed by atoms with Crippen molar-refractivity contribution in [2.45, 2.75) is 51.9 Å². The topological polar surface area (TPSA) is 75.4 Å². The number of hydrogen-bond donors (Lipinski definition) is 1. The Morgan fingerprint density at radius 3 is 2.77 bits per heavy atom. The first kappa shape index (κ1) is 16.5. The second-order valence-electron chi connectivity index (χ2n) is 5.96. The Kier molecular flexibility index (Phi) is 6.43. The van der Waals surface area contributed by atoms with E-state index in [9.17, 15) is 9.59 Å². The molecule has 0 aliphatic heterocycles. The van der Waals surface area contributed by atoms with Gasteiger partial charge in [-0.15, -0.1) is 0 Å². The van der Waals surface area contributed by atoms with Crippen LogP contribution >= 0.6 is 0 Å². The maximum atomic E-state index is 12.3. The monoisotopic (exact) mass is 307 g/mol. The Labute approximate surface area is 131 Å². The Bertz CT molecular complexity index is 467. The molecule has 0 unspecified atom stereocenters. The Balaban J connectivity index is 1.90. The largest absolute Gasteiger partial charge is 0.363 e. The molecule has 1 aromatic heterocycles. The van der Waals surface area contributed by atoms with Gasteiger partial charge < -0.3 is 14.7 Å². The summed E-state index contributed by atoms with van der Waals surface area (Å²) in [6.07, 6.45) is 8.73. The highest BCUT2D eigenvalue weighted by molar-refractivity contribution is 5.93. The molecule has 0 aromatic carbocycles. The van der Waals surface area contributed by atoms with Gasteiger partial charge in [0.05, 0.1) is 6.54 Å². The van der Waals surface area contributed by atoms with E-state index in [1.165, 1.54) is 25.5 Å². The first-order valence-corrected chi connectivity index (χ1v) is 8.17. The zero-order valence-electron chi connectivity index (χ0n) is 13.2. The van der Waals surface area contributed by atoms with E-state index in [2.05, 4.69) is 15.0 Å². The molecule has 22 heavy (non-hydrogen) atoms. The Morgan fingerprint density at radius 1 is 1.36 bits per heavy atom. The summed E-state index contributed by atoms with van der Waals surface area (Å²) in [6, 6.07) is 1.58. The van der Waals surface area contributed by atoms with E-state index >= 15 is 0 Å². The van der Waals surface area contributed by atoms with Crippen molar-refractivity contribution < 1.29 is 14.1 Å². The van der Waals surface area contributed by atoms with Crippen LogP contribution in [-0.4, -0.2) is 35.0 Å². The first-order chi connectivity index (χ1) is 10.7. The fourth-order valence-corrected chi connectivity index (χ4v) is 2.94. The van der Waals surface area contributed by atoms with Crippen molar-refractivity contribution in [3.63, 3.8) is 0 Å². The van der Waals surface area contributed by atoms with Crippen molar-refractivity contribution in [2.75, 3.05) is 18.4 Å². The summed E-state index contributed by atoms with van der Waals surface area (Å²) in [7, 11) is 0. The van der Waals surface area contributed by atoms with Crippen molar-refractivity contribution in [1.82, 2.24) is 10.1 Å². The molecule has 1 fully saturated rings. The number of nitrogens with zero attached hydrogens (tertiary/aromatic N) is 2. The van der Waals surface area contributed by atoms with E-state index in [-0.39, 0.29) is 18.4 Å². The van der Waals surface area contributed by atoms with Gasteiger partial charge >= 0.3 is 0 Å². The number of hydrogen-bond acceptors (Lipinski definition) is 4. The van der Waals surface area contributed by atoms with Gasteiger partial charge in [0.1, 0.15) is 6.26 Å². The molecule has 122 valence electrons. The summed E-state index contributed by atoms with van der Waals surface area (Å²) < 4.78 is 4.68. The first-order valence-electron chi connectivity index (χ1n) is 8.17. The standard InChI is InChI=1S/C16H25N3O3/c1-2-6-16(21)19(11-13-7-4-3-5-8-13)12-15(20)17-14-9-10-22-18-14/h9-10,13H,2-8,11-12H2,1H3,(H,17,18,20). The van der Waals surface area contributed by atoms with Crippen LogP contribution in [0.4, 0.5) is 5.82 Å². The molecule has 2 rings (SSSR count). The minimum atomic E-state index is -0.228. The van der Waals surface area contributed by atoms with Gasteiger partial charge in [-0.2, -0.15) is 0 Å². The van der Waals surface area contributed by atoms with Gasteiger partial charge in [-0.3, -0.25) is 9.59 Å². The van der Waals surface area contributed by atoms with Crippen molar-refractivity contribution in [3.8, 4) is 0 Å². The van der Waals surface area contributed by atoms with E-state index in [1.807, 2.05) is 6.92 Å². The summed E-state index contributed by atoms with van der Waals surface area (Å²) in [4.78, 5) is 26.1. The van der Waals surface area contributed by atoms with Crippen LogP contribution in [0.25, 0.3) is 0 Å². The highest BCUT2D eigenvalue weighted by atomic mass is 16.5. The molecule has 6 heteroatoms. The van der Waals surface area contributed by atoms with E-state index < -0.39 is 0 Å². The predicted molar refractivity (Wildman–Crippen MR) is 83.2 cm³/mol. The SMILES string of the molecule is CCCC(=O)N(CC(=O)Nc1ccon1)CC1CCCCC1. The molecule has 1 N–H and O–H groups in total. The molecule has 0 atom stereocenters. The zero-order valence-corrected chi connectivity index (χ0v) is 13.2. The number of rotatable bonds is 7. The summed E-state index contributed by atoms with van der Waals surface area (Å²) in [5, 5.41) is 6.30. The molecule has 2 amide bonds. The zero-order chi connectivity index (χ0) is 15.8. The number of carbonyl (C=O) groups is 2. The maximum Gasteiger partial charge on any atom is 0.245 e. The maximum absolute atomic E-state index is 12.3. The van der Waals surface area contributed by atoms with Gasteiger partial charge in [0, 0.05) is 19.0 Å². The lowest BCUT2D eigenvalue weighted by molar-refractivity contribution is -0.135. The van der Waals surface area contributed by atoms with Gasteiger partial charge in [-0.05, 0) is 25.2 Å². The van der Waals surface area contributed by atoms with Crippen LogP contribution in [0, 0.1) is 5.92 Å². The van der Waals surface area contributed by atoms with E-state index in [0.717, 1.165) is 19.3 Å². The third kappa shape index (κ3) is 5.16. The molecule has 6 nitrogen and oxygen atoms in total. The second-order valence-corrected chi connectivity index (χ2v) is 5.96. The lowest BCUT2D eigenvalue weighted by atomic mass is 9.89. The predicted octanol–water partition coefficient (Wildman–Crippen LogP) is 2.82. The van der Waals surface area contributed by atoms with Gasteiger partial charge in [0.15, 0.2) is 5.82 Å². The van der Waals surface area contributed by atoms with Crippen molar-refractivity contribution in [3.05, 3.63) is 12.3 Å². The molecule has 1 saturated carbocycles. The summed E-state index contributed by atoms with van der Waals surface area (Å²) >= 11 is 0. The number of anilines is 1. The number of aromatic nitrogens is 1. The van der Waals surface area contributed by atoms with E-state index in [4.69, 9.17) is 0 Å². The highest BCUT2D eigenvalue weighted by Crippen LogP contribution is 2.24. The van der Waals surface area contributed by atoms with Crippen LogP contribution in [0.1, 0.15) is 51.9 Å². The fraction of sp³-hybridized carbons (Fsp3) is 0.688. The summed E-state index contributed by atoms with van der Waals surface area (Å²) in [5.74, 6) is 0.734.